The topological polar surface area (TPSA) is 66.1 Å². The number of halogens is 1. The molecule has 5 nitrogen and oxygen atoms in total. The Morgan fingerprint density at radius 3 is 2.67 bits per heavy atom. The predicted molar refractivity (Wildman–Crippen MR) is 75.4 cm³/mol. The predicted octanol–water partition coefficient (Wildman–Crippen LogP) is 2.16. The van der Waals surface area contributed by atoms with E-state index < -0.39 is 10.0 Å². The molecule has 0 aliphatic rings. The second-order valence-electron chi connectivity index (χ2n) is 4.12. The fraction of sp³-hybridized carbons (Fsp3) is 0.727. The molecule has 0 radical (unpaired) electrons. The van der Waals surface area contributed by atoms with Crippen LogP contribution in [0.15, 0.2) is 11.2 Å². The largest absolute Gasteiger partial charge is 0.332 e. The Hall–Kier alpha value is -0.400. The van der Waals surface area contributed by atoms with Gasteiger partial charge in [0.2, 0.25) is 0 Å². The van der Waals surface area contributed by atoms with Crippen LogP contribution in [-0.2, 0) is 16.4 Å². The normalized spacial score (nSPS) is 12.2. The smallest absolute Gasteiger partial charge is 0.259 e. The van der Waals surface area contributed by atoms with Crippen LogP contribution in [0.4, 0.5) is 0 Å². The fourth-order valence-electron chi connectivity index (χ4n) is 1.55. The molecular formula is C11H20BrN3O2S. The summed E-state index contributed by atoms with van der Waals surface area (Å²) in [5.74, 6) is 0.696. The van der Waals surface area contributed by atoms with Gasteiger partial charge in [0.15, 0.2) is 5.03 Å². The number of hydrogen-bond donors (Lipinski definition) is 1. The van der Waals surface area contributed by atoms with Crippen LogP contribution in [-0.4, -0.2) is 41.6 Å². The van der Waals surface area contributed by atoms with E-state index in [-0.39, 0.29) is 5.03 Å². The van der Waals surface area contributed by atoms with Gasteiger partial charge < -0.3 is 4.98 Å². The second kappa shape index (κ2) is 7.25. The molecule has 0 aromatic carbocycles. The lowest BCUT2D eigenvalue weighted by Gasteiger charge is -2.15. The SMILES string of the molecule is CCc1ncc(S(=O)(=O)N(C)CCCCCBr)[nH]1. The van der Waals surface area contributed by atoms with E-state index in [2.05, 4.69) is 25.9 Å². The molecule has 0 unspecified atom stereocenters. The molecule has 0 spiro atoms. The first-order valence-electron chi connectivity index (χ1n) is 6.08. The van der Waals surface area contributed by atoms with Crippen molar-refractivity contribution >= 4 is 26.0 Å². The number of rotatable bonds is 8. The van der Waals surface area contributed by atoms with Crippen molar-refractivity contribution in [3.05, 3.63) is 12.0 Å². The molecule has 1 heterocycles. The minimum Gasteiger partial charge on any atom is -0.332 e. The number of hydrogen-bond acceptors (Lipinski definition) is 3. The van der Waals surface area contributed by atoms with Crippen LogP contribution >= 0.6 is 15.9 Å². The quantitative estimate of drug-likeness (QED) is 0.583. The molecule has 1 N–H and O–H groups in total. The highest BCUT2D eigenvalue weighted by molar-refractivity contribution is 9.09. The second-order valence-corrected chi connectivity index (χ2v) is 6.93. The van der Waals surface area contributed by atoms with E-state index in [9.17, 15) is 8.42 Å². The molecule has 0 bridgehead atoms. The van der Waals surface area contributed by atoms with Gasteiger partial charge in [-0.2, -0.15) is 4.31 Å². The molecule has 0 aliphatic carbocycles. The summed E-state index contributed by atoms with van der Waals surface area (Å²) in [6.07, 6.45) is 5.05. The number of aryl methyl sites for hydroxylation is 1. The van der Waals surface area contributed by atoms with E-state index >= 15 is 0 Å². The van der Waals surface area contributed by atoms with Crippen LogP contribution in [0.2, 0.25) is 0 Å². The van der Waals surface area contributed by atoms with E-state index in [0.717, 1.165) is 24.6 Å². The molecule has 1 aromatic heterocycles. The number of aromatic amines is 1. The minimum atomic E-state index is -3.41. The minimum absolute atomic E-state index is 0.183. The standard InChI is InChI=1S/C11H20BrN3O2S/c1-3-10-13-9-11(14-10)18(16,17)15(2)8-6-4-5-7-12/h9H,3-8H2,1-2H3,(H,13,14). The zero-order valence-corrected chi connectivity index (χ0v) is 13.2. The maximum absolute atomic E-state index is 12.2. The molecule has 7 heteroatoms. The molecule has 1 rings (SSSR count). The number of aromatic nitrogens is 2. The van der Waals surface area contributed by atoms with Gasteiger partial charge in [-0.05, 0) is 12.8 Å². The summed E-state index contributed by atoms with van der Waals surface area (Å²) >= 11 is 3.36. The van der Waals surface area contributed by atoms with Crippen LogP contribution in [0.5, 0.6) is 0 Å². The number of nitrogens with zero attached hydrogens (tertiary/aromatic N) is 2. The summed E-state index contributed by atoms with van der Waals surface area (Å²) in [6, 6.07) is 0. The number of nitrogens with one attached hydrogen (secondary N) is 1. The first-order chi connectivity index (χ1) is 8.52. The van der Waals surface area contributed by atoms with E-state index in [1.165, 1.54) is 10.5 Å². The van der Waals surface area contributed by atoms with Gasteiger partial charge in [0.1, 0.15) is 5.82 Å². The van der Waals surface area contributed by atoms with Crippen LogP contribution in [0.1, 0.15) is 32.0 Å². The lowest BCUT2D eigenvalue weighted by molar-refractivity contribution is 0.452. The van der Waals surface area contributed by atoms with Gasteiger partial charge in [0.25, 0.3) is 10.0 Å². The van der Waals surface area contributed by atoms with Gasteiger partial charge in [-0.15, -0.1) is 0 Å². The van der Waals surface area contributed by atoms with Crippen molar-refractivity contribution in [2.75, 3.05) is 18.9 Å². The Bertz CT molecular complexity index is 459. The molecule has 0 amide bonds. The van der Waals surface area contributed by atoms with Crippen molar-refractivity contribution in [3.8, 4) is 0 Å². The molecule has 0 atom stereocenters. The molecular weight excluding hydrogens is 318 g/mol. The molecule has 0 saturated heterocycles. The van der Waals surface area contributed by atoms with E-state index in [1.54, 1.807) is 7.05 Å². The summed E-state index contributed by atoms with van der Waals surface area (Å²) < 4.78 is 25.7. The summed E-state index contributed by atoms with van der Waals surface area (Å²) in [5.41, 5.74) is 0. The third-order valence-electron chi connectivity index (χ3n) is 2.73. The van der Waals surface area contributed by atoms with E-state index in [0.29, 0.717) is 18.8 Å². The van der Waals surface area contributed by atoms with Gasteiger partial charge >= 0.3 is 0 Å². The van der Waals surface area contributed by atoms with Gasteiger partial charge in [-0.25, -0.2) is 13.4 Å². The monoisotopic (exact) mass is 337 g/mol. The van der Waals surface area contributed by atoms with Crippen molar-refractivity contribution in [1.82, 2.24) is 14.3 Å². The Balaban J connectivity index is 2.62. The first kappa shape index (κ1) is 15.7. The lowest BCUT2D eigenvalue weighted by atomic mass is 10.2. The van der Waals surface area contributed by atoms with Crippen molar-refractivity contribution in [1.29, 1.82) is 0 Å². The number of imidazole rings is 1. The van der Waals surface area contributed by atoms with Crippen LogP contribution in [0.3, 0.4) is 0 Å². The third kappa shape index (κ3) is 4.07. The van der Waals surface area contributed by atoms with Crippen molar-refractivity contribution in [2.45, 2.75) is 37.6 Å². The lowest BCUT2D eigenvalue weighted by Crippen LogP contribution is -2.28. The van der Waals surface area contributed by atoms with Crippen LogP contribution < -0.4 is 0 Å². The average Bonchev–Trinajstić information content (AvgIpc) is 2.83. The highest BCUT2D eigenvalue weighted by atomic mass is 79.9. The third-order valence-corrected chi connectivity index (χ3v) is 5.06. The Kier molecular flexibility index (Phi) is 6.31. The van der Waals surface area contributed by atoms with Crippen molar-refractivity contribution in [3.63, 3.8) is 0 Å². The molecule has 0 aliphatic heterocycles. The Morgan fingerprint density at radius 2 is 2.11 bits per heavy atom. The maximum Gasteiger partial charge on any atom is 0.259 e. The average molecular weight is 338 g/mol. The van der Waals surface area contributed by atoms with Gasteiger partial charge in [0.05, 0.1) is 6.20 Å². The molecule has 104 valence electrons. The van der Waals surface area contributed by atoms with Crippen molar-refractivity contribution < 1.29 is 8.42 Å². The zero-order valence-electron chi connectivity index (χ0n) is 10.8. The van der Waals surface area contributed by atoms with E-state index in [4.69, 9.17) is 0 Å². The summed E-state index contributed by atoms with van der Waals surface area (Å²) in [7, 11) is -1.80. The Morgan fingerprint density at radius 1 is 1.39 bits per heavy atom. The number of unbranched alkanes of at least 4 members (excludes halogenated alkanes) is 2. The zero-order chi connectivity index (χ0) is 13.6. The highest BCUT2D eigenvalue weighted by Gasteiger charge is 2.22. The molecule has 18 heavy (non-hydrogen) atoms. The molecule has 0 fully saturated rings. The van der Waals surface area contributed by atoms with Gasteiger partial charge in [-0.1, -0.05) is 29.3 Å². The molecule has 0 saturated carbocycles. The summed E-state index contributed by atoms with van der Waals surface area (Å²) in [4.78, 5) is 6.86. The van der Waals surface area contributed by atoms with E-state index in [1.807, 2.05) is 6.92 Å². The van der Waals surface area contributed by atoms with Crippen molar-refractivity contribution in [2.24, 2.45) is 0 Å². The van der Waals surface area contributed by atoms with Gasteiger partial charge in [-0.3, -0.25) is 0 Å². The van der Waals surface area contributed by atoms with Crippen LogP contribution in [0.25, 0.3) is 0 Å². The van der Waals surface area contributed by atoms with Crippen LogP contribution in [0, 0.1) is 0 Å². The Labute approximate surface area is 117 Å². The fourth-order valence-corrected chi connectivity index (χ4v) is 3.08. The highest BCUT2D eigenvalue weighted by Crippen LogP contribution is 2.13. The molecule has 1 aromatic rings. The van der Waals surface area contributed by atoms with Gasteiger partial charge in [0, 0.05) is 25.3 Å². The maximum atomic E-state index is 12.2. The first-order valence-corrected chi connectivity index (χ1v) is 8.64. The summed E-state index contributed by atoms with van der Waals surface area (Å²) in [6.45, 7) is 2.47. The number of sulfonamides is 1. The summed E-state index contributed by atoms with van der Waals surface area (Å²) in [5, 5.41) is 1.14. The number of alkyl halides is 1. The number of H-pyrrole nitrogens is 1.